The highest BCUT2D eigenvalue weighted by molar-refractivity contribution is 6.03. The topological polar surface area (TPSA) is 106 Å². The largest absolute Gasteiger partial charge is 0.494 e. The van der Waals surface area contributed by atoms with Gasteiger partial charge in [-0.15, -0.1) is 12.4 Å². The van der Waals surface area contributed by atoms with Crippen molar-refractivity contribution in [3.63, 3.8) is 0 Å². The molecule has 0 unspecified atom stereocenters. The third-order valence-electron chi connectivity index (χ3n) is 7.34. The van der Waals surface area contributed by atoms with E-state index in [0.717, 1.165) is 42.6 Å². The van der Waals surface area contributed by atoms with E-state index < -0.39 is 0 Å². The van der Waals surface area contributed by atoms with E-state index in [2.05, 4.69) is 20.5 Å². The van der Waals surface area contributed by atoms with Crippen LogP contribution in [0.15, 0.2) is 23.5 Å². The number of anilines is 1. The lowest BCUT2D eigenvalue weighted by Crippen LogP contribution is -2.29. The number of H-pyrrole nitrogens is 1. The van der Waals surface area contributed by atoms with E-state index in [-0.39, 0.29) is 18.3 Å². The Hall–Kier alpha value is -2.54. The molecule has 2 fully saturated rings. The predicted octanol–water partition coefficient (Wildman–Crippen LogP) is 5.83. The van der Waals surface area contributed by atoms with Gasteiger partial charge < -0.3 is 15.8 Å². The number of aromatic nitrogens is 3. The summed E-state index contributed by atoms with van der Waals surface area (Å²) in [5.74, 6) is 1.24. The van der Waals surface area contributed by atoms with Gasteiger partial charge in [0.25, 0.3) is 5.91 Å². The zero-order valence-electron chi connectivity index (χ0n) is 20.6. The van der Waals surface area contributed by atoms with Crippen LogP contribution in [0.25, 0.3) is 11.3 Å². The molecular weight excluding hydrogens is 450 g/mol. The minimum absolute atomic E-state index is 0. The summed E-state index contributed by atoms with van der Waals surface area (Å²) in [5.41, 5.74) is 12.2. The van der Waals surface area contributed by atoms with E-state index in [1.54, 1.807) is 19.4 Å². The van der Waals surface area contributed by atoms with Gasteiger partial charge in [0.15, 0.2) is 0 Å². The summed E-state index contributed by atoms with van der Waals surface area (Å²) in [7, 11) is 1.61. The molecule has 4 N–H and O–H groups in total. The van der Waals surface area contributed by atoms with E-state index in [0.29, 0.717) is 34.7 Å². The van der Waals surface area contributed by atoms with Crippen LogP contribution < -0.4 is 15.8 Å². The van der Waals surface area contributed by atoms with Crippen molar-refractivity contribution in [3.05, 3.63) is 34.9 Å². The number of ether oxygens (including phenoxy) is 1. The van der Waals surface area contributed by atoms with Crippen LogP contribution in [0.5, 0.6) is 5.75 Å². The Morgan fingerprint density at radius 1 is 1.06 bits per heavy atom. The number of nitrogens with one attached hydrogen (secondary N) is 2. The van der Waals surface area contributed by atoms with E-state index >= 15 is 0 Å². The molecule has 2 heterocycles. The average Bonchev–Trinajstić information content (AvgIpc) is 3.18. The number of carbonyl (C=O) groups is 1. The first-order chi connectivity index (χ1) is 16.0. The summed E-state index contributed by atoms with van der Waals surface area (Å²) in [4.78, 5) is 17.9. The molecule has 34 heavy (non-hydrogen) atoms. The number of aryl methyl sites for hydroxylation is 2. The van der Waals surface area contributed by atoms with E-state index in [1.807, 2.05) is 13.8 Å². The van der Waals surface area contributed by atoms with Gasteiger partial charge in [0.2, 0.25) is 0 Å². The molecule has 2 saturated carbocycles. The van der Waals surface area contributed by atoms with Crippen LogP contribution in [-0.2, 0) is 4.79 Å². The SMILES string of the molecule is COc1cc(NC(=O)C(N)=C(C2CCCCC2)C2CCCCC2)cnc1-c1c(C)n[nH]c1C.Cl. The third-order valence-corrected chi connectivity index (χ3v) is 7.34. The Morgan fingerprint density at radius 2 is 1.65 bits per heavy atom. The molecule has 4 rings (SSSR count). The van der Waals surface area contributed by atoms with Crippen LogP contribution in [0.2, 0.25) is 0 Å². The first-order valence-electron chi connectivity index (χ1n) is 12.4. The number of halogens is 1. The predicted molar refractivity (Wildman–Crippen MR) is 138 cm³/mol. The van der Waals surface area contributed by atoms with E-state index in [4.69, 9.17) is 10.5 Å². The van der Waals surface area contributed by atoms with Crippen molar-refractivity contribution in [2.24, 2.45) is 17.6 Å². The Kier molecular flexibility index (Phi) is 9.00. The van der Waals surface area contributed by atoms with Crippen LogP contribution in [0.1, 0.15) is 75.6 Å². The summed E-state index contributed by atoms with van der Waals surface area (Å²) in [6.45, 7) is 3.88. The molecule has 0 bridgehead atoms. The summed E-state index contributed by atoms with van der Waals surface area (Å²) in [5, 5.41) is 10.2. The highest BCUT2D eigenvalue weighted by Gasteiger charge is 2.30. The third kappa shape index (κ3) is 5.57. The van der Waals surface area contributed by atoms with Crippen LogP contribution >= 0.6 is 12.4 Å². The van der Waals surface area contributed by atoms with Crippen LogP contribution in [0.3, 0.4) is 0 Å². The molecule has 7 nitrogen and oxygen atoms in total. The number of carbonyl (C=O) groups excluding carboxylic acids is 1. The number of hydrogen-bond acceptors (Lipinski definition) is 5. The van der Waals surface area contributed by atoms with Crippen molar-refractivity contribution in [1.82, 2.24) is 15.2 Å². The maximum atomic E-state index is 13.3. The van der Waals surface area contributed by atoms with Crippen molar-refractivity contribution < 1.29 is 9.53 Å². The summed E-state index contributed by atoms with van der Waals surface area (Å²) >= 11 is 0. The molecule has 2 aliphatic carbocycles. The molecule has 2 aromatic heterocycles. The number of hydrogen-bond donors (Lipinski definition) is 3. The van der Waals surface area contributed by atoms with Gasteiger partial charge in [0, 0.05) is 17.3 Å². The van der Waals surface area contributed by atoms with Gasteiger partial charge in [-0.25, -0.2) is 0 Å². The van der Waals surface area contributed by atoms with Crippen LogP contribution in [-0.4, -0.2) is 28.2 Å². The van der Waals surface area contributed by atoms with Gasteiger partial charge in [-0.1, -0.05) is 38.5 Å². The zero-order valence-corrected chi connectivity index (χ0v) is 21.4. The lowest BCUT2D eigenvalue weighted by Gasteiger charge is -2.33. The number of pyridine rings is 1. The van der Waals surface area contributed by atoms with Gasteiger partial charge in [-0.3, -0.25) is 14.9 Å². The molecule has 2 aliphatic rings. The molecule has 0 saturated heterocycles. The molecule has 1 amide bonds. The minimum atomic E-state index is -0.228. The van der Waals surface area contributed by atoms with Gasteiger partial charge in [-0.05, 0) is 56.9 Å². The monoisotopic (exact) mass is 487 g/mol. The first kappa shape index (κ1) is 26.1. The second-order valence-electron chi connectivity index (χ2n) is 9.58. The standard InChI is InChI=1S/C26H37N5O2.ClH/c1-16-22(17(2)31-30-16)25-21(33-3)14-20(15-28-25)29-26(32)24(27)23(18-10-6-4-7-11-18)19-12-8-5-9-13-19;/h14-15,18-19H,4-13,27H2,1-3H3,(H,29,32)(H,30,31);1H. The zero-order chi connectivity index (χ0) is 23.4. The lowest BCUT2D eigenvalue weighted by atomic mass is 9.73. The van der Waals surface area contributed by atoms with Crippen molar-refractivity contribution in [3.8, 4) is 17.0 Å². The maximum Gasteiger partial charge on any atom is 0.271 e. The summed E-state index contributed by atoms with van der Waals surface area (Å²) in [6.07, 6.45) is 13.7. The fourth-order valence-corrected chi connectivity index (χ4v) is 5.69. The highest BCUT2D eigenvalue weighted by atomic mass is 35.5. The Labute approximate surface area is 208 Å². The van der Waals surface area contributed by atoms with Crippen LogP contribution in [0, 0.1) is 25.7 Å². The number of aromatic amines is 1. The number of amides is 1. The molecule has 0 atom stereocenters. The number of nitrogens with two attached hydrogens (primary N) is 1. The van der Waals surface area contributed by atoms with E-state index in [9.17, 15) is 4.79 Å². The second-order valence-corrected chi connectivity index (χ2v) is 9.58. The second kappa shape index (κ2) is 11.7. The molecule has 0 aromatic carbocycles. The van der Waals surface area contributed by atoms with Crippen molar-refractivity contribution >= 4 is 24.0 Å². The lowest BCUT2D eigenvalue weighted by molar-refractivity contribution is -0.113. The van der Waals surface area contributed by atoms with Gasteiger partial charge in [-0.2, -0.15) is 5.10 Å². The molecule has 2 aromatic rings. The molecule has 186 valence electrons. The number of nitrogens with zero attached hydrogens (tertiary/aromatic N) is 2. The Morgan fingerprint density at radius 3 is 2.15 bits per heavy atom. The van der Waals surface area contributed by atoms with Gasteiger partial charge >= 0.3 is 0 Å². The van der Waals surface area contributed by atoms with Crippen LogP contribution in [0.4, 0.5) is 5.69 Å². The highest BCUT2D eigenvalue weighted by Crippen LogP contribution is 2.40. The van der Waals surface area contributed by atoms with Crippen molar-refractivity contribution in [1.29, 1.82) is 0 Å². The van der Waals surface area contributed by atoms with Gasteiger partial charge in [0.1, 0.15) is 11.4 Å². The van der Waals surface area contributed by atoms with Crippen molar-refractivity contribution in [2.45, 2.75) is 78.1 Å². The molecule has 0 aliphatic heterocycles. The minimum Gasteiger partial charge on any atom is -0.494 e. The Bertz CT molecular complexity index is 981. The number of allylic oxidation sites excluding steroid dienone is 1. The fraction of sp³-hybridized carbons (Fsp3) is 0.577. The van der Waals surface area contributed by atoms with Gasteiger partial charge in [0.05, 0.1) is 30.4 Å². The normalized spacial score (nSPS) is 17.0. The smallest absolute Gasteiger partial charge is 0.271 e. The molecular formula is C26H38ClN5O2. The molecule has 0 radical (unpaired) electrons. The fourth-order valence-electron chi connectivity index (χ4n) is 5.69. The summed E-state index contributed by atoms with van der Waals surface area (Å²) < 4.78 is 5.60. The quantitative estimate of drug-likeness (QED) is 0.444. The Balaban J connectivity index is 0.00000324. The molecule has 8 heteroatoms. The number of methoxy groups -OCH3 is 1. The first-order valence-corrected chi connectivity index (χ1v) is 12.4. The average molecular weight is 488 g/mol. The number of rotatable bonds is 6. The van der Waals surface area contributed by atoms with E-state index in [1.165, 1.54) is 44.1 Å². The summed E-state index contributed by atoms with van der Waals surface area (Å²) in [6, 6.07) is 1.81. The maximum absolute atomic E-state index is 13.3. The van der Waals surface area contributed by atoms with Crippen molar-refractivity contribution in [2.75, 3.05) is 12.4 Å². The molecule has 0 spiro atoms.